The molecule has 0 saturated carbocycles. The summed E-state index contributed by atoms with van der Waals surface area (Å²) < 4.78 is 0. The fourth-order valence-corrected chi connectivity index (χ4v) is 3.07. The van der Waals surface area contributed by atoms with E-state index in [1.165, 1.54) is 6.07 Å². The largest absolute Gasteiger partial charge is 0.389 e. The van der Waals surface area contributed by atoms with Crippen LogP contribution in [0.2, 0.25) is 0 Å². The van der Waals surface area contributed by atoms with Gasteiger partial charge in [0, 0.05) is 19.2 Å². The fraction of sp³-hybridized carbons (Fsp3) is 0.600. The molecule has 0 aliphatic carbocycles. The quantitative estimate of drug-likeness (QED) is 0.681. The first-order valence-electron chi connectivity index (χ1n) is 7.09. The molecule has 3 atom stereocenters. The number of nitro groups is 1. The van der Waals surface area contributed by atoms with E-state index in [1.54, 1.807) is 19.1 Å². The average molecular weight is 278 g/mol. The second-order valence-corrected chi connectivity index (χ2v) is 6.03. The van der Waals surface area contributed by atoms with Crippen LogP contribution >= 0.6 is 0 Å². The molecule has 0 bridgehead atoms. The molecule has 0 aromatic heterocycles. The summed E-state index contributed by atoms with van der Waals surface area (Å²) in [7, 11) is 0. The zero-order chi connectivity index (χ0) is 14.9. The second kappa shape index (κ2) is 5.79. The number of rotatable bonds is 3. The summed E-state index contributed by atoms with van der Waals surface area (Å²) in [6, 6.07) is 5.03. The molecule has 2 unspecified atom stereocenters. The van der Waals surface area contributed by atoms with E-state index in [1.807, 2.05) is 0 Å². The Morgan fingerprint density at radius 1 is 1.35 bits per heavy atom. The van der Waals surface area contributed by atoms with E-state index in [2.05, 4.69) is 18.7 Å². The number of piperidine rings is 1. The maximum Gasteiger partial charge on any atom is 0.292 e. The van der Waals surface area contributed by atoms with E-state index >= 15 is 0 Å². The lowest BCUT2D eigenvalue weighted by Crippen LogP contribution is -2.39. The van der Waals surface area contributed by atoms with Crippen LogP contribution in [0.15, 0.2) is 18.2 Å². The number of nitrogens with zero attached hydrogens (tertiary/aromatic N) is 2. The Morgan fingerprint density at radius 2 is 1.95 bits per heavy atom. The zero-order valence-electron chi connectivity index (χ0n) is 12.2. The van der Waals surface area contributed by atoms with Crippen LogP contribution in [0.1, 0.15) is 38.9 Å². The Labute approximate surface area is 119 Å². The molecule has 1 aromatic carbocycles. The molecule has 1 aromatic rings. The lowest BCUT2D eigenvalue weighted by atomic mass is 9.91. The summed E-state index contributed by atoms with van der Waals surface area (Å²) in [6.45, 7) is 7.67. The first-order chi connectivity index (χ1) is 9.38. The van der Waals surface area contributed by atoms with E-state index in [-0.39, 0.29) is 10.6 Å². The molecule has 2 rings (SSSR count). The van der Waals surface area contributed by atoms with E-state index in [0.717, 1.165) is 19.5 Å². The van der Waals surface area contributed by atoms with Crippen LogP contribution in [0.3, 0.4) is 0 Å². The highest BCUT2D eigenvalue weighted by molar-refractivity contribution is 5.64. The topological polar surface area (TPSA) is 66.6 Å². The van der Waals surface area contributed by atoms with Crippen molar-refractivity contribution in [3.8, 4) is 0 Å². The zero-order valence-corrected chi connectivity index (χ0v) is 12.2. The van der Waals surface area contributed by atoms with E-state index in [9.17, 15) is 15.2 Å². The molecule has 0 amide bonds. The van der Waals surface area contributed by atoms with Gasteiger partial charge in [0.15, 0.2) is 0 Å². The highest BCUT2D eigenvalue weighted by atomic mass is 16.6. The lowest BCUT2D eigenvalue weighted by molar-refractivity contribution is -0.384. The first-order valence-corrected chi connectivity index (χ1v) is 7.09. The van der Waals surface area contributed by atoms with Gasteiger partial charge in [-0.05, 0) is 36.8 Å². The van der Waals surface area contributed by atoms with Crippen molar-refractivity contribution in [2.45, 2.75) is 33.3 Å². The smallest absolute Gasteiger partial charge is 0.292 e. The number of anilines is 1. The highest BCUT2D eigenvalue weighted by Gasteiger charge is 2.27. The molecule has 0 radical (unpaired) electrons. The van der Waals surface area contributed by atoms with Gasteiger partial charge in [-0.3, -0.25) is 10.1 Å². The van der Waals surface area contributed by atoms with Gasteiger partial charge in [-0.2, -0.15) is 0 Å². The van der Waals surface area contributed by atoms with Gasteiger partial charge in [-0.1, -0.05) is 19.9 Å². The van der Waals surface area contributed by atoms with Crippen molar-refractivity contribution in [1.29, 1.82) is 0 Å². The minimum atomic E-state index is -0.693. The average Bonchev–Trinajstić information content (AvgIpc) is 2.36. The minimum Gasteiger partial charge on any atom is -0.389 e. The van der Waals surface area contributed by atoms with Crippen molar-refractivity contribution in [3.63, 3.8) is 0 Å². The predicted molar refractivity (Wildman–Crippen MR) is 78.9 cm³/mol. The van der Waals surface area contributed by atoms with Gasteiger partial charge in [0.1, 0.15) is 5.69 Å². The molecular formula is C15H22N2O3. The third-order valence-electron chi connectivity index (χ3n) is 3.89. The molecule has 110 valence electrons. The number of hydrogen-bond acceptors (Lipinski definition) is 4. The van der Waals surface area contributed by atoms with Crippen molar-refractivity contribution in [3.05, 3.63) is 33.9 Å². The highest BCUT2D eigenvalue weighted by Crippen LogP contribution is 2.34. The molecule has 5 heteroatoms. The predicted octanol–water partition coefficient (Wildman–Crippen LogP) is 3.13. The Bertz CT molecular complexity index is 492. The third kappa shape index (κ3) is 3.10. The maximum absolute atomic E-state index is 11.3. The fourth-order valence-electron chi connectivity index (χ4n) is 3.07. The Kier molecular flexibility index (Phi) is 4.28. The molecule has 1 aliphatic rings. The van der Waals surface area contributed by atoms with Crippen LogP contribution in [0, 0.1) is 22.0 Å². The Hall–Kier alpha value is -1.62. The molecule has 1 N–H and O–H groups in total. The van der Waals surface area contributed by atoms with Crippen LogP contribution in [-0.4, -0.2) is 23.1 Å². The van der Waals surface area contributed by atoms with Crippen molar-refractivity contribution in [1.82, 2.24) is 0 Å². The van der Waals surface area contributed by atoms with E-state index in [0.29, 0.717) is 23.1 Å². The van der Waals surface area contributed by atoms with Gasteiger partial charge in [-0.15, -0.1) is 0 Å². The molecule has 0 spiro atoms. The van der Waals surface area contributed by atoms with Gasteiger partial charge < -0.3 is 10.0 Å². The van der Waals surface area contributed by atoms with Crippen molar-refractivity contribution in [2.24, 2.45) is 11.8 Å². The van der Waals surface area contributed by atoms with Crippen LogP contribution < -0.4 is 4.90 Å². The molecule has 5 nitrogen and oxygen atoms in total. The molecule has 1 fully saturated rings. The number of benzene rings is 1. The first kappa shape index (κ1) is 14.8. The summed E-state index contributed by atoms with van der Waals surface area (Å²) >= 11 is 0. The van der Waals surface area contributed by atoms with Gasteiger partial charge in [0.2, 0.25) is 0 Å². The minimum absolute atomic E-state index is 0.0877. The maximum atomic E-state index is 11.3. The van der Waals surface area contributed by atoms with Gasteiger partial charge >= 0.3 is 0 Å². The molecule has 1 heterocycles. The van der Waals surface area contributed by atoms with Crippen LogP contribution in [0.4, 0.5) is 11.4 Å². The number of nitro benzene ring substituents is 1. The number of aliphatic hydroxyl groups excluding tert-OH is 1. The normalized spacial score (nSPS) is 24.5. The molecule has 1 aliphatic heterocycles. The number of hydrogen-bond donors (Lipinski definition) is 1. The standard InChI is InChI=1S/C15H22N2O3/c1-10-6-11(2)9-16(8-10)14-5-4-13(12(3)18)7-15(14)17(19)20/h4-5,7,10-12,18H,6,8-9H2,1-3H3/t10?,11?,12-/m1/s1. The summed E-state index contributed by atoms with van der Waals surface area (Å²) in [5, 5.41) is 20.9. The Balaban J connectivity index is 2.37. The summed E-state index contributed by atoms with van der Waals surface area (Å²) in [5.41, 5.74) is 1.33. The van der Waals surface area contributed by atoms with Crippen molar-refractivity contribution >= 4 is 11.4 Å². The van der Waals surface area contributed by atoms with Crippen LogP contribution in [-0.2, 0) is 0 Å². The van der Waals surface area contributed by atoms with E-state index < -0.39 is 6.10 Å². The molecular weight excluding hydrogens is 256 g/mol. The van der Waals surface area contributed by atoms with Crippen molar-refractivity contribution in [2.75, 3.05) is 18.0 Å². The van der Waals surface area contributed by atoms with Crippen LogP contribution in [0.5, 0.6) is 0 Å². The van der Waals surface area contributed by atoms with Gasteiger partial charge in [-0.25, -0.2) is 0 Å². The SMILES string of the molecule is CC1CC(C)CN(c2ccc([C@@H](C)O)cc2[N+](=O)[O-])C1. The summed E-state index contributed by atoms with van der Waals surface area (Å²) in [4.78, 5) is 13.0. The lowest BCUT2D eigenvalue weighted by Gasteiger charge is -2.36. The second-order valence-electron chi connectivity index (χ2n) is 6.03. The monoisotopic (exact) mass is 278 g/mol. The third-order valence-corrected chi connectivity index (χ3v) is 3.89. The summed E-state index contributed by atoms with van der Waals surface area (Å²) in [5.74, 6) is 1.07. The Morgan fingerprint density at radius 3 is 2.45 bits per heavy atom. The molecule has 20 heavy (non-hydrogen) atoms. The molecule has 1 saturated heterocycles. The van der Waals surface area contributed by atoms with Gasteiger partial charge in [0.25, 0.3) is 5.69 Å². The van der Waals surface area contributed by atoms with Crippen LogP contribution in [0.25, 0.3) is 0 Å². The van der Waals surface area contributed by atoms with Gasteiger partial charge in [0.05, 0.1) is 11.0 Å². The summed E-state index contributed by atoms with van der Waals surface area (Å²) in [6.07, 6.45) is 0.470. The van der Waals surface area contributed by atoms with Crippen molar-refractivity contribution < 1.29 is 10.0 Å². The van der Waals surface area contributed by atoms with E-state index in [4.69, 9.17) is 0 Å². The number of aliphatic hydroxyl groups is 1.